The van der Waals surface area contributed by atoms with E-state index in [1.54, 1.807) is 6.07 Å². The smallest absolute Gasteiger partial charge is 0.272 e. The number of hydrogen-bond acceptors (Lipinski definition) is 5. The SMILES string of the molecule is O=c1[nH]c(-c2ccnc(F)c2)nc(N2C3CCCC2COC3)c1Cl. The third kappa shape index (κ3) is 2.67. The molecule has 2 bridgehead atoms. The number of anilines is 1. The van der Waals surface area contributed by atoms with Gasteiger partial charge in [-0.2, -0.15) is 4.39 Å². The van der Waals surface area contributed by atoms with Gasteiger partial charge in [0.15, 0.2) is 5.82 Å². The van der Waals surface area contributed by atoms with E-state index >= 15 is 0 Å². The highest BCUT2D eigenvalue weighted by molar-refractivity contribution is 6.32. The summed E-state index contributed by atoms with van der Waals surface area (Å²) in [6.07, 6.45) is 4.40. The lowest BCUT2D eigenvalue weighted by Gasteiger charge is -2.46. The van der Waals surface area contributed by atoms with Crippen molar-refractivity contribution in [3.8, 4) is 11.4 Å². The van der Waals surface area contributed by atoms with Gasteiger partial charge in [0.1, 0.15) is 10.8 Å². The molecule has 2 unspecified atom stereocenters. The molecule has 2 aliphatic heterocycles. The molecule has 126 valence electrons. The number of ether oxygens (including phenoxy) is 1. The average Bonchev–Trinajstić information content (AvgIpc) is 2.56. The van der Waals surface area contributed by atoms with E-state index in [2.05, 4.69) is 19.9 Å². The first-order valence-corrected chi connectivity index (χ1v) is 8.29. The van der Waals surface area contributed by atoms with Crippen LogP contribution in [0.2, 0.25) is 5.02 Å². The molecule has 2 aromatic heterocycles. The molecule has 24 heavy (non-hydrogen) atoms. The van der Waals surface area contributed by atoms with Crippen molar-refractivity contribution in [2.45, 2.75) is 31.3 Å². The summed E-state index contributed by atoms with van der Waals surface area (Å²) < 4.78 is 19.0. The molecule has 2 fully saturated rings. The Morgan fingerprint density at radius 3 is 2.79 bits per heavy atom. The topological polar surface area (TPSA) is 71.1 Å². The summed E-state index contributed by atoms with van der Waals surface area (Å²) in [6.45, 7) is 1.20. The standard InChI is InChI=1S/C16H16ClFN4O2/c17-13-15(22-10-2-1-3-11(22)8-24-7-10)20-14(21-16(13)23)9-4-5-19-12(18)6-9/h4-6,10-11H,1-3,7-8H2,(H,20,21,23). The van der Waals surface area contributed by atoms with Crippen molar-refractivity contribution in [1.29, 1.82) is 0 Å². The Hall–Kier alpha value is -1.99. The normalized spacial score (nSPS) is 23.3. The largest absolute Gasteiger partial charge is 0.377 e. The maximum Gasteiger partial charge on any atom is 0.272 e. The summed E-state index contributed by atoms with van der Waals surface area (Å²) in [6, 6.07) is 3.15. The second-order valence-corrected chi connectivity index (χ2v) is 6.48. The summed E-state index contributed by atoms with van der Waals surface area (Å²) >= 11 is 6.25. The summed E-state index contributed by atoms with van der Waals surface area (Å²) in [7, 11) is 0. The van der Waals surface area contributed by atoms with Crippen LogP contribution in [0.5, 0.6) is 0 Å². The minimum atomic E-state index is -0.630. The first-order chi connectivity index (χ1) is 11.6. The zero-order chi connectivity index (χ0) is 16.7. The van der Waals surface area contributed by atoms with Gasteiger partial charge in [-0.3, -0.25) is 4.79 Å². The Morgan fingerprint density at radius 1 is 1.33 bits per heavy atom. The Morgan fingerprint density at radius 2 is 2.08 bits per heavy atom. The minimum Gasteiger partial charge on any atom is -0.377 e. The molecule has 2 atom stereocenters. The van der Waals surface area contributed by atoms with Crippen molar-refractivity contribution in [2.75, 3.05) is 18.1 Å². The predicted octanol–water partition coefficient (Wildman–Crippen LogP) is 2.38. The number of aromatic nitrogens is 3. The summed E-state index contributed by atoms with van der Waals surface area (Å²) in [5, 5.41) is 0.0621. The number of pyridine rings is 1. The predicted molar refractivity (Wildman–Crippen MR) is 87.8 cm³/mol. The zero-order valence-electron chi connectivity index (χ0n) is 12.8. The lowest BCUT2D eigenvalue weighted by molar-refractivity contribution is 0.0458. The van der Waals surface area contributed by atoms with Gasteiger partial charge in [-0.05, 0) is 25.3 Å². The molecule has 6 nitrogen and oxygen atoms in total. The lowest BCUT2D eigenvalue weighted by Crippen LogP contribution is -2.55. The van der Waals surface area contributed by atoms with Gasteiger partial charge in [-0.1, -0.05) is 11.6 Å². The molecule has 1 N–H and O–H groups in total. The average molecular weight is 351 g/mol. The van der Waals surface area contributed by atoms with Crippen LogP contribution in [0.3, 0.4) is 0 Å². The molecule has 4 rings (SSSR count). The van der Waals surface area contributed by atoms with E-state index in [1.807, 2.05) is 0 Å². The van der Waals surface area contributed by atoms with Crippen LogP contribution in [0.1, 0.15) is 19.3 Å². The third-order valence-electron chi connectivity index (χ3n) is 4.57. The summed E-state index contributed by atoms with van der Waals surface area (Å²) in [5.74, 6) is 0.103. The van der Waals surface area contributed by atoms with Crippen molar-refractivity contribution in [3.05, 3.63) is 39.7 Å². The first-order valence-electron chi connectivity index (χ1n) is 7.91. The lowest BCUT2D eigenvalue weighted by atomic mass is 9.94. The van der Waals surface area contributed by atoms with Crippen LogP contribution in [-0.2, 0) is 4.74 Å². The highest BCUT2D eigenvalue weighted by Gasteiger charge is 2.37. The number of morpholine rings is 1. The van der Waals surface area contributed by atoms with Crippen LogP contribution in [-0.4, -0.2) is 40.2 Å². The quantitative estimate of drug-likeness (QED) is 0.842. The van der Waals surface area contributed by atoms with Crippen molar-refractivity contribution in [3.63, 3.8) is 0 Å². The van der Waals surface area contributed by atoms with Crippen molar-refractivity contribution in [1.82, 2.24) is 15.0 Å². The van der Waals surface area contributed by atoms with E-state index in [0.717, 1.165) is 19.3 Å². The third-order valence-corrected chi connectivity index (χ3v) is 4.91. The van der Waals surface area contributed by atoms with Crippen LogP contribution in [0.25, 0.3) is 11.4 Å². The number of halogens is 2. The van der Waals surface area contributed by atoms with Gasteiger partial charge >= 0.3 is 0 Å². The Bertz CT molecular complexity index is 806. The van der Waals surface area contributed by atoms with E-state index in [-0.39, 0.29) is 22.9 Å². The van der Waals surface area contributed by atoms with Gasteiger partial charge in [0.05, 0.1) is 25.3 Å². The summed E-state index contributed by atoms with van der Waals surface area (Å²) in [5.41, 5.74) is 0.0226. The minimum absolute atomic E-state index is 0.0621. The Kier molecular flexibility index (Phi) is 3.97. The number of piperidine rings is 1. The van der Waals surface area contributed by atoms with E-state index in [4.69, 9.17) is 16.3 Å². The monoisotopic (exact) mass is 350 g/mol. The molecule has 0 radical (unpaired) electrons. The highest BCUT2D eigenvalue weighted by Crippen LogP contribution is 2.34. The van der Waals surface area contributed by atoms with Gasteiger partial charge in [0.25, 0.3) is 5.56 Å². The number of nitrogens with one attached hydrogen (secondary N) is 1. The molecule has 4 heterocycles. The molecule has 0 amide bonds. The molecule has 0 aromatic carbocycles. The van der Waals surface area contributed by atoms with Gasteiger partial charge in [0, 0.05) is 17.8 Å². The van der Waals surface area contributed by atoms with Crippen LogP contribution in [0.4, 0.5) is 10.2 Å². The number of H-pyrrole nitrogens is 1. The fourth-order valence-electron chi connectivity index (χ4n) is 3.48. The maximum atomic E-state index is 13.4. The van der Waals surface area contributed by atoms with Crippen LogP contribution in [0, 0.1) is 5.95 Å². The maximum absolute atomic E-state index is 13.4. The number of nitrogens with zero attached hydrogens (tertiary/aromatic N) is 3. The van der Waals surface area contributed by atoms with Crippen LogP contribution >= 0.6 is 11.6 Å². The number of fused-ring (bicyclic) bond motifs is 2. The highest BCUT2D eigenvalue weighted by atomic mass is 35.5. The number of aromatic amines is 1. The second kappa shape index (κ2) is 6.14. The van der Waals surface area contributed by atoms with E-state index < -0.39 is 11.5 Å². The molecular formula is C16H16ClFN4O2. The van der Waals surface area contributed by atoms with Crippen molar-refractivity contribution < 1.29 is 9.13 Å². The van der Waals surface area contributed by atoms with Gasteiger partial charge in [-0.25, -0.2) is 9.97 Å². The fraction of sp³-hybridized carbons (Fsp3) is 0.438. The second-order valence-electron chi connectivity index (χ2n) is 6.10. The van der Waals surface area contributed by atoms with E-state index in [9.17, 15) is 9.18 Å². The number of hydrogen-bond donors (Lipinski definition) is 1. The molecular weight excluding hydrogens is 335 g/mol. The van der Waals surface area contributed by atoms with Gasteiger partial charge in [-0.15, -0.1) is 0 Å². The molecule has 0 spiro atoms. The summed E-state index contributed by atoms with van der Waals surface area (Å²) in [4.78, 5) is 25.1. The van der Waals surface area contributed by atoms with E-state index in [0.29, 0.717) is 24.6 Å². The Labute approximate surface area is 142 Å². The molecule has 0 aliphatic carbocycles. The number of rotatable bonds is 2. The zero-order valence-corrected chi connectivity index (χ0v) is 13.6. The van der Waals surface area contributed by atoms with Crippen LogP contribution in [0.15, 0.2) is 23.1 Å². The van der Waals surface area contributed by atoms with Crippen molar-refractivity contribution >= 4 is 17.4 Å². The van der Waals surface area contributed by atoms with Gasteiger partial charge in [0.2, 0.25) is 5.95 Å². The van der Waals surface area contributed by atoms with Crippen LogP contribution < -0.4 is 10.5 Å². The van der Waals surface area contributed by atoms with E-state index in [1.165, 1.54) is 12.3 Å². The van der Waals surface area contributed by atoms with Crippen molar-refractivity contribution in [2.24, 2.45) is 0 Å². The molecule has 2 saturated heterocycles. The first kappa shape index (κ1) is 15.5. The molecule has 8 heteroatoms. The van der Waals surface area contributed by atoms with Gasteiger partial charge < -0.3 is 14.6 Å². The molecule has 0 saturated carbocycles. The molecule has 2 aliphatic rings. The molecule has 2 aromatic rings. The fourth-order valence-corrected chi connectivity index (χ4v) is 3.67. The Balaban J connectivity index is 1.82.